The van der Waals surface area contributed by atoms with Gasteiger partial charge in [0.15, 0.2) is 0 Å². The topological polar surface area (TPSA) is 64.6 Å². The molecule has 1 atom stereocenters. The lowest BCUT2D eigenvalue weighted by Gasteiger charge is -2.25. The van der Waals surface area contributed by atoms with Gasteiger partial charge in [-0.3, -0.25) is 9.59 Å². The summed E-state index contributed by atoms with van der Waals surface area (Å²) in [4.78, 5) is 23.0. The van der Waals surface area contributed by atoms with Crippen LogP contribution in [0.4, 0.5) is 0 Å². The van der Waals surface area contributed by atoms with Gasteiger partial charge in [0.05, 0.1) is 0 Å². The molecule has 0 spiro atoms. The van der Waals surface area contributed by atoms with Gasteiger partial charge in [-0.1, -0.05) is 18.2 Å². The zero-order valence-corrected chi connectivity index (χ0v) is 12.3. The Morgan fingerprint density at radius 1 is 1.20 bits per heavy atom. The first-order valence-electron chi connectivity index (χ1n) is 6.45. The number of amides is 1. The van der Waals surface area contributed by atoms with Crippen molar-refractivity contribution < 1.29 is 19.1 Å². The van der Waals surface area contributed by atoms with Gasteiger partial charge in [-0.2, -0.15) is 0 Å². The van der Waals surface area contributed by atoms with Gasteiger partial charge in [-0.15, -0.1) is 0 Å². The number of nitrogens with one attached hydrogen (secondary N) is 1. The summed E-state index contributed by atoms with van der Waals surface area (Å²) in [6, 6.07) is 8.94. The van der Waals surface area contributed by atoms with Crippen molar-refractivity contribution in [3.63, 3.8) is 0 Å². The van der Waals surface area contributed by atoms with Gasteiger partial charge >= 0.3 is 5.97 Å². The fourth-order valence-electron chi connectivity index (χ4n) is 1.47. The Balaban J connectivity index is 2.74. The third-order valence-corrected chi connectivity index (χ3v) is 2.25. The normalized spacial score (nSPS) is 12.4. The highest BCUT2D eigenvalue weighted by Gasteiger charge is 2.25. The van der Waals surface area contributed by atoms with Gasteiger partial charge in [0, 0.05) is 12.5 Å². The standard InChI is InChI=1S/C15H21NO4/c1-11(17)19-10-13(14(18)16-15(2,3)4)20-12-8-6-5-7-9-12/h5-9,13H,10H2,1-4H3,(H,16,18). The molecule has 110 valence electrons. The Bertz CT molecular complexity index is 451. The maximum Gasteiger partial charge on any atom is 0.302 e. The number of para-hydroxylation sites is 1. The van der Waals surface area contributed by atoms with Crippen LogP contribution in [0.2, 0.25) is 0 Å². The lowest BCUT2D eigenvalue weighted by Crippen LogP contribution is -2.49. The second-order valence-electron chi connectivity index (χ2n) is 5.46. The molecule has 5 heteroatoms. The van der Waals surface area contributed by atoms with E-state index >= 15 is 0 Å². The molecule has 1 rings (SSSR count). The van der Waals surface area contributed by atoms with Crippen LogP contribution in [0.5, 0.6) is 5.75 Å². The van der Waals surface area contributed by atoms with Crippen LogP contribution >= 0.6 is 0 Å². The molecule has 0 bridgehead atoms. The van der Waals surface area contributed by atoms with Crippen LogP contribution in [0, 0.1) is 0 Å². The van der Waals surface area contributed by atoms with E-state index in [-0.39, 0.29) is 18.1 Å². The summed E-state index contributed by atoms with van der Waals surface area (Å²) in [5.41, 5.74) is -0.383. The third kappa shape index (κ3) is 6.22. The summed E-state index contributed by atoms with van der Waals surface area (Å²) in [5, 5.41) is 2.81. The Morgan fingerprint density at radius 3 is 2.30 bits per heavy atom. The Hall–Kier alpha value is -2.04. The van der Waals surface area contributed by atoms with Gasteiger partial charge in [0.25, 0.3) is 5.91 Å². The molecule has 0 aliphatic rings. The minimum atomic E-state index is -0.875. The summed E-state index contributed by atoms with van der Waals surface area (Å²) in [5.74, 6) is -0.216. The zero-order valence-electron chi connectivity index (χ0n) is 12.3. The van der Waals surface area contributed by atoms with E-state index in [1.165, 1.54) is 6.92 Å². The summed E-state index contributed by atoms with van der Waals surface area (Å²) in [7, 11) is 0. The fourth-order valence-corrected chi connectivity index (χ4v) is 1.47. The summed E-state index contributed by atoms with van der Waals surface area (Å²) in [6.45, 7) is 6.79. The molecule has 0 aliphatic heterocycles. The second-order valence-corrected chi connectivity index (χ2v) is 5.46. The quantitative estimate of drug-likeness (QED) is 0.836. The molecule has 0 fully saturated rings. The number of benzene rings is 1. The van der Waals surface area contributed by atoms with Crippen molar-refractivity contribution in [2.24, 2.45) is 0 Å². The highest BCUT2D eigenvalue weighted by molar-refractivity contribution is 5.82. The van der Waals surface area contributed by atoms with Gasteiger partial charge < -0.3 is 14.8 Å². The third-order valence-electron chi connectivity index (χ3n) is 2.25. The van der Waals surface area contributed by atoms with E-state index in [1.54, 1.807) is 24.3 Å². The van der Waals surface area contributed by atoms with E-state index < -0.39 is 12.1 Å². The van der Waals surface area contributed by atoms with Crippen LogP contribution in [0.25, 0.3) is 0 Å². The lowest BCUT2D eigenvalue weighted by atomic mass is 10.1. The Morgan fingerprint density at radius 2 is 1.80 bits per heavy atom. The number of hydrogen-bond acceptors (Lipinski definition) is 4. The molecule has 0 saturated heterocycles. The van der Waals surface area contributed by atoms with E-state index in [0.717, 1.165) is 0 Å². The van der Waals surface area contributed by atoms with Gasteiger partial charge in [-0.05, 0) is 32.9 Å². The average Bonchev–Trinajstić information content (AvgIpc) is 2.33. The van der Waals surface area contributed by atoms with Crippen molar-refractivity contribution in [1.82, 2.24) is 5.32 Å². The molecule has 1 unspecified atom stereocenters. The smallest absolute Gasteiger partial charge is 0.302 e. The molecule has 20 heavy (non-hydrogen) atoms. The lowest BCUT2D eigenvalue weighted by molar-refractivity contribution is -0.146. The number of carbonyl (C=O) groups excluding carboxylic acids is 2. The SMILES string of the molecule is CC(=O)OCC(Oc1ccccc1)C(=O)NC(C)(C)C. The molecular weight excluding hydrogens is 258 g/mol. The number of esters is 1. The molecule has 1 aromatic carbocycles. The first-order valence-corrected chi connectivity index (χ1v) is 6.45. The summed E-state index contributed by atoms with van der Waals surface area (Å²) < 4.78 is 10.5. The molecule has 1 amide bonds. The molecule has 0 saturated carbocycles. The van der Waals surface area contributed by atoms with E-state index in [0.29, 0.717) is 5.75 Å². The van der Waals surface area contributed by atoms with E-state index in [9.17, 15) is 9.59 Å². The van der Waals surface area contributed by atoms with Gasteiger partial charge in [0.2, 0.25) is 6.10 Å². The predicted molar refractivity (Wildman–Crippen MR) is 75.4 cm³/mol. The second kappa shape index (κ2) is 6.93. The molecule has 0 aliphatic carbocycles. The minimum absolute atomic E-state index is 0.119. The molecule has 0 radical (unpaired) electrons. The van der Waals surface area contributed by atoms with Crippen molar-refractivity contribution >= 4 is 11.9 Å². The van der Waals surface area contributed by atoms with Crippen molar-refractivity contribution in [3.8, 4) is 5.75 Å². The molecule has 0 aromatic heterocycles. The molecule has 1 aromatic rings. The van der Waals surface area contributed by atoms with Crippen LogP contribution in [0.1, 0.15) is 27.7 Å². The van der Waals surface area contributed by atoms with Gasteiger partial charge in [0.1, 0.15) is 12.4 Å². The Labute approximate surface area is 119 Å². The van der Waals surface area contributed by atoms with Crippen LogP contribution in [-0.4, -0.2) is 30.1 Å². The fraction of sp³-hybridized carbons (Fsp3) is 0.467. The number of carbonyl (C=O) groups is 2. The first kappa shape index (κ1) is 16.0. The van der Waals surface area contributed by atoms with Crippen molar-refractivity contribution in [2.45, 2.75) is 39.3 Å². The number of hydrogen-bond donors (Lipinski definition) is 1. The highest BCUT2D eigenvalue weighted by Crippen LogP contribution is 2.12. The molecule has 0 heterocycles. The van der Waals surface area contributed by atoms with Gasteiger partial charge in [-0.25, -0.2) is 0 Å². The minimum Gasteiger partial charge on any atom is -0.477 e. The van der Waals surface area contributed by atoms with Crippen molar-refractivity contribution in [3.05, 3.63) is 30.3 Å². The van der Waals surface area contributed by atoms with E-state index in [2.05, 4.69) is 5.32 Å². The maximum absolute atomic E-state index is 12.1. The van der Waals surface area contributed by atoms with Crippen LogP contribution in [0.3, 0.4) is 0 Å². The van der Waals surface area contributed by atoms with Crippen LogP contribution < -0.4 is 10.1 Å². The predicted octanol–water partition coefficient (Wildman–Crippen LogP) is 1.91. The first-order chi connectivity index (χ1) is 9.28. The monoisotopic (exact) mass is 279 g/mol. The van der Waals surface area contributed by atoms with E-state index in [4.69, 9.17) is 9.47 Å². The Kier molecular flexibility index (Phi) is 5.55. The number of ether oxygens (including phenoxy) is 2. The molecular formula is C15H21NO4. The van der Waals surface area contributed by atoms with Crippen LogP contribution in [0.15, 0.2) is 30.3 Å². The zero-order chi connectivity index (χ0) is 15.2. The summed E-state index contributed by atoms with van der Waals surface area (Å²) >= 11 is 0. The highest BCUT2D eigenvalue weighted by atomic mass is 16.6. The van der Waals surface area contributed by atoms with E-state index in [1.807, 2.05) is 26.8 Å². The maximum atomic E-state index is 12.1. The van der Waals surface area contributed by atoms with Crippen LogP contribution in [-0.2, 0) is 14.3 Å². The number of rotatable bonds is 5. The molecule has 1 N–H and O–H groups in total. The van der Waals surface area contributed by atoms with Crippen molar-refractivity contribution in [1.29, 1.82) is 0 Å². The van der Waals surface area contributed by atoms with Crippen molar-refractivity contribution in [2.75, 3.05) is 6.61 Å². The summed E-state index contributed by atoms with van der Waals surface area (Å²) in [6.07, 6.45) is -0.875. The largest absolute Gasteiger partial charge is 0.477 e. The average molecular weight is 279 g/mol. The molecule has 5 nitrogen and oxygen atoms in total.